The number of isocyanates is 6. The first-order valence-corrected chi connectivity index (χ1v) is 14.7. The fourth-order valence-corrected chi connectivity index (χ4v) is 5.18. The number of hydrogen-bond acceptors (Lipinski definition) is 12. The van der Waals surface area contributed by atoms with Crippen LogP contribution in [0.25, 0.3) is 0 Å². The molecule has 12 heteroatoms. The molecule has 1 rings (SSSR count). The van der Waals surface area contributed by atoms with Crippen molar-refractivity contribution >= 4 is 36.5 Å². The molecule has 0 saturated heterocycles. The maximum Gasteiger partial charge on any atom is 0.235 e. The lowest BCUT2D eigenvalue weighted by Gasteiger charge is -2.44. The lowest BCUT2D eigenvalue weighted by atomic mass is 9.63. The molecule has 1 saturated carbocycles. The maximum atomic E-state index is 10.3. The highest BCUT2D eigenvalue weighted by Gasteiger charge is 2.41. The van der Waals surface area contributed by atoms with E-state index in [0.29, 0.717) is 32.1 Å². The van der Waals surface area contributed by atoms with Crippen molar-refractivity contribution in [1.82, 2.24) is 0 Å². The summed E-state index contributed by atoms with van der Waals surface area (Å²) in [6, 6.07) is 0.00750. The Balaban J connectivity index is 0. The number of aliphatic imine (C=N–C) groups is 6. The van der Waals surface area contributed by atoms with E-state index in [9.17, 15) is 28.8 Å². The molecule has 1 fully saturated rings. The van der Waals surface area contributed by atoms with Crippen LogP contribution in [0.5, 0.6) is 0 Å². The molecule has 43 heavy (non-hydrogen) atoms. The quantitative estimate of drug-likeness (QED) is 0.117. The van der Waals surface area contributed by atoms with Crippen molar-refractivity contribution < 1.29 is 28.8 Å². The van der Waals surface area contributed by atoms with Crippen molar-refractivity contribution in [2.75, 3.05) is 26.2 Å². The summed E-state index contributed by atoms with van der Waals surface area (Å²) in [6.07, 6.45) is 18.6. The van der Waals surface area contributed by atoms with E-state index in [1.807, 2.05) is 13.8 Å². The van der Waals surface area contributed by atoms with E-state index in [4.69, 9.17) is 0 Å². The van der Waals surface area contributed by atoms with Crippen molar-refractivity contribution in [3.8, 4) is 0 Å². The molecule has 0 aromatic rings. The molecule has 0 amide bonds. The van der Waals surface area contributed by atoms with Gasteiger partial charge in [-0.25, -0.2) is 53.7 Å². The number of carbonyl (C=O) groups excluding carboxylic acids is 6. The Bertz CT molecular complexity index is 1060. The molecule has 3 atom stereocenters. The van der Waals surface area contributed by atoms with Crippen molar-refractivity contribution in [1.29, 1.82) is 0 Å². The van der Waals surface area contributed by atoms with Crippen LogP contribution in [0.3, 0.4) is 0 Å². The maximum absolute atomic E-state index is 10.3. The molecular weight excluding hydrogens is 552 g/mol. The Morgan fingerprint density at radius 3 is 1.60 bits per heavy atom. The number of rotatable bonds is 17. The average molecular weight is 601 g/mol. The Kier molecular flexibility index (Phi) is 23.9. The monoisotopic (exact) mass is 600 g/mol. The highest BCUT2D eigenvalue weighted by molar-refractivity contribution is 5.35. The second-order valence-electron chi connectivity index (χ2n) is 12.4. The third kappa shape index (κ3) is 23.5. The lowest BCUT2D eigenvalue weighted by Crippen LogP contribution is -2.39. The summed E-state index contributed by atoms with van der Waals surface area (Å²) < 4.78 is 0. The fraction of sp³-hybridized carbons (Fsp3) is 0.806. The van der Waals surface area contributed by atoms with Crippen LogP contribution in [0, 0.1) is 16.7 Å². The van der Waals surface area contributed by atoms with E-state index >= 15 is 0 Å². The van der Waals surface area contributed by atoms with Gasteiger partial charge < -0.3 is 0 Å². The number of hydrogen-bond donors (Lipinski definition) is 0. The Morgan fingerprint density at radius 1 is 0.674 bits per heavy atom. The van der Waals surface area contributed by atoms with Crippen molar-refractivity contribution in [2.45, 2.75) is 117 Å². The molecular formula is C31H48N6O6. The predicted molar refractivity (Wildman–Crippen MR) is 163 cm³/mol. The number of nitrogens with zero attached hydrogens (tertiary/aromatic N) is 6. The van der Waals surface area contributed by atoms with Crippen LogP contribution in [0.15, 0.2) is 30.0 Å². The highest BCUT2D eigenvalue weighted by atomic mass is 16.1. The topological polar surface area (TPSA) is 177 Å². The Hall–Kier alpha value is -3.72. The predicted octanol–water partition coefficient (Wildman–Crippen LogP) is 5.70. The summed E-state index contributed by atoms with van der Waals surface area (Å²) in [6.45, 7) is 14.4. The number of unbranched alkanes of at least 4 members (excludes halogenated alkanes) is 4. The van der Waals surface area contributed by atoms with Gasteiger partial charge in [-0.2, -0.15) is 4.99 Å². The molecule has 238 valence electrons. The molecule has 3 unspecified atom stereocenters. The molecule has 0 aromatic carbocycles. The Labute approximate surface area is 255 Å². The van der Waals surface area contributed by atoms with E-state index in [1.165, 1.54) is 18.2 Å². The van der Waals surface area contributed by atoms with Gasteiger partial charge in [-0.1, -0.05) is 47.0 Å². The van der Waals surface area contributed by atoms with Gasteiger partial charge in [0.05, 0.1) is 37.8 Å². The van der Waals surface area contributed by atoms with E-state index < -0.39 is 0 Å². The fourth-order valence-electron chi connectivity index (χ4n) is 5.18. The third-order valence-corrected chi connectivity index (χ3v) is 7.36. The molecule has 0 N–H and O–H groups in total. The molecule has 12 nitrogen and oxygen atoms in total. The standard InChI is InChI=1S/C12H18N2O2.C11H18N2O2.C8H12N2O2/c1-11(2)4-10(14-9-16)5-12(3,6-11)7-13-8-15;1-10(11(2,3)13-9-15)6-4-5-7-12-8-14;11-7-9-5-3-1-2-4-6-10-8-12/h10H,4-7H2,1-3H3;10H,4-7H2,1-3H3;1-6H2. The summed E-state index contributed by atoms with van der Waals surface area (Å²) in [7, 11) is 0. The molecule has 0 aliphatic heterocycles. The first-order valence-electron chi connectivity index (χ1n) is 14.7. The van der Waals surface area contributed by atoms with Crippen molar-refractivity contribution in [3.05, 3.63) is 0 Å². The molecule has 0 spiro atoms. The smallest absolute Gasteiger partial charge is 0.211 e. The minimum absolute atomic E-state index is 0.00750. The van der Waals surface area contributed by atoms with Crippen LogP contribution in [-0.4, -0.2) is 74.2 Å². The molecule has 0 heterocycles. The summed E-state index contributed by atoms with van der Waals surface area (Å²) in [5.74, 6) is 0.319. The van der Waals surface area contributed by atoms with Crippen LogP contribution in [0.2, 0.25) is 0 Å². The van der Waals surface area contributed by atoms with Gasteiger partial charge in [-0.15, -0.1) is 0 Å². The molecule has 1 aliphatic carbocycles. The molecule has 0 bridgehead atoms. The minimum Gasteiger partial charge on any atom is -0.211 e. The van der Waals surface area contributed by atoms with Crippen LogP contribution < -0.4 is 0 Å². The van der Waals surface area contributed by atoms with Gasteiger partial charge in [0.25, 0.3) is 0 Å². The first-order chi connectivity index (χ1) is 20.4. The minimum atomic E-state index is -0.352. The van der Waals surface area contributed by atoms with Crippen molar-refractivity contribution in [3.63, 3.8) is 0 Å². The van der Waals surface area contributed by atoms with Crippen molar-refractivity contribution in [2.24, 2.45) is 46.7 Å². The average Bonchev–Trinajstić information content (AvgIpc) is 2.93. The van der Waals surface area contributed by atoms with E-state index in [0.717, 1.165) is 64.2 Å². The van der Waals surface area contributed by atoms with Gasteiger partial charge in [0.2, 0.25) is 36.5 Å². The van der Waals surface area contributed by atoms with Gasteiger partial charge >= 0.3 is 0 Å². The molecule has 0 aromatic heterocycles. The first kappa shape index (κ1) is 41.4. The van der Waals surface area contributed by atoms with Crippen LogP contribution in [-0.2, 0) is 28.8 Å². The summed E-state index contributed by atoms with van der Waals surface area (Å²) >= 11 is 0. The summed E-state index contributed by atoms with van der Waals surface area (Å²) in [4.78, 5) is 81.4. The van der Waals surface area contributed by atoms with E-state index in [-0.39, 0.29) is 22.4 Å². The van der Waals surface area contributed by atoms with Crippen LogP contribution in [0.4, 0.5) is 0 Å². The second-order valence-corrected chi connectivity index (χ2v) is 12.4. The van der Waals surface area contributed by atoms with Gasteiger partial charge in [0, 0.05) is 0 Å². The Morgan fingerprint density at radius 2 is 1.16 bits per heavy atom. The largest absolute Gasteiger partial charge is 0.235 e. The SMILES string of the molecule is CC(CCCCN=C=O)C(C)(C)N=C=O.CC1(C)CC(N=C=O)CC(C)(CN=C=O)C1.O=C=NCCCCCCN=C=O. The third-order valence-electron chi connectivity index (χ3n) is 7.36. The van der Waals surface area contributed by atoms with Gasteiger partial charge in [0.1, 0.15) is 0 Å². The van der Waals surface area contributed by atoms with E-state index in [2.05, 4.69) is 57.6 Å². The van der Waals surface area contributed by atoms with Crippen LogP contribution >= 0.6 is 0 Å². The van der Waals surface area contributed by atoms with Gasteiger partial charge in [-0.05, 0) is 75.5 Å². The molecule has 1 aliphatic rings. The second kappa shape index (κ2) is 24.8. The summed E-state index contributed by atoms with van der Waals surface area (Å²) in [5.41, 5.74) is -0.295. The normalized spacial score (nSPS) is 18.7. The zero-order chi connectivity index (χ0) is 33.0. The zero-order valence-corrected chi connectivity index (χ0v) is 26.7. The highest BCUT2D eigenvalue weighted by Crippen LogP contribution is 2.47. The summed E-state index contributed by atoms with van der Waals surface area (Å²) in [5, 5.41) is 0. The van der Waals surface area contributed by atoms with E-state index in [1.54, 1.807) is 18.2 Å². The lowest BCUT2D eigenvalue weighted by molar-refractivity contribution is 0.0915. The molecule has 0 radical (unpaired) electrons. The van der Waals surface area contributed by atoms with Gasteiger partial charge in [-0.3, -0.25) is 0 Å². The van der Waals surface area contributed by atoms with Crippen LogP contribution in [0.1, 0.15) is 106 Å². The van der Waals surface area contributed by atoms with Gasteiger partial charge in [0.15, 0.2) is 0 Å². The zero-order valence-electron chi connectivity index (χ0n) is 26.7.